The van der Waals surface area contributed by atoms with Gasteiger partial charge in [-0.25, -0.2) is 4.79 Å². The van der Waals surface area contributed by atoms with Crippen molar-refractivity contribution in [2.24, 2.45) is 0 Å². The lowest BCUT2D eigenvalue weighted by atomic mass is 10.0. The SMILES string of the molecule is C[C@H](Cc1ccc(C(F)(F)F)cc1)NC(=O)N(C)CC(C)(C)O. The van der Waals surface area contributed by atoms with Crippen molar-refractivity contribution >= 4 is 6.03 Å². The Balaban J connectivity index is 2.56. The van der Waals surface area contributed by atoms with Crippen LogP contribution in [0.1, 0.15) is 31.9 Å². The van der Waals surface area contributed by atoms with Gasteiger partial charge in [0.1, 0.15) is 0 Å². The van der Waals surface area contributed by atoms with Gasteiger partial charge in [-0.1, -0.05) is 12.1 Å². The zero-order valence-electron chi connectivity index (χ0n) is 13.7. The molecule has 1 aromatic carbocycles. The van der Waals surface area contributed by atoms with E-state index in [0.717, 1.165) is 12.1 Å². The number of amides is 2. The molecule has 0 aliphatic heterocycles. The largest absolute Gasteiger partial charge is 0.416 e. The summed E-state index contributed by atoms with van der Waals surface area (Å²) < 4.78 is 37.5. The Morgan fingerprint density at radius 3 is 2.22 bits per heavy atom. The molecule has 0 aromatic heterocycles. The van der Waals surface area contributed by atoms with E-state index in [4.69, 9.17) is 0 Å². The van der Waals surface area contributed by atoms with Gasteiger partial charge in [-0.15, -0.1) is 0 Å². The molecule has 0 aliphatic carbocycles. The van der Waals surface area contributed by atoms with Crippen LogP contribution in [0.25, 0.3) is 0 Å². The summed E-state index contributed by atoms with van der Waals surface area (Å²) in [5.74, 6) is 0. The second-order valence-electron chi connectivity index (χ2n) is 6.42. The number of hydrogen-bond acceptors (Lipinski definition) is 2. The number of aliphatic hydroxyl groups is 1. The summed E-state index contributed by atoms with van der Waals surface area (Å²) in [4.78, 5) is 13.3. The van der Waals surface area contributed by atoms with E-state index in [-0.39, 0.29) is 18.6 Å². The number of halogens is 3. The molecular weight excluding hydrogens is 309 g/mol. The van der Waals surface area contributed by atoms with Crippen molar-refractivity contribution in [3.05, 3.63) is 35.4 Å². The van der Waals surface area contributed by atoms with Gasteiger partial charge in [-0.05, 0) is 44.9 Å². The Morgan fingerprint density at radius 1 is 1.26 bits per heavy atom. The Morgan fingerprint density at radius 2 is 1.78 bits per heavy atom. The molecule has 0 fully saturated rings. The summed E-state index contributed by atoms with van der Waals surface area (Å²) >= 11 is 0. The van der Waals surface area contributed by atoms with E-state index in [1.54, 1.807) is 27.8 Å². The highest BCUT2D eigenvalue weighted by Crippen LogP contribution is 2.29. The Kier molecular flexibility index (Phi) is 6.04. The smallest absolute Gasteiger partial charge is 0.389 e. The first-order valence-electron chi connectivity index (χ1n) is 7.28. The van der Waals surface area contributed by atoms with Crippen LogP contribution >= 0.6 is 0 Å². The first kappa shape index (κ1) is 19.3. The molecule has 0 radical (unpaired) electrons. The molecule has 0 bridgehead atoms. The summed E-state index contributed by atoms with van der Waals surface area (Å²) in [6.45, 7) is 5.14. The molecule has 0 spiro atoms. The fourth-order valence-electron chi connectivity index (χ4n) is 2.21. The second-order valence-corrected chi connectivity index (χ2v) is 6.42. The molecule has 4 nitrogen and oxygen atoms in total. The van der Waals surface area contributed by atoms with Crippen molar-refractivity contribution in [2.75, 3.05) is 13.6 Å². The quantitative estimate of drug-likeness (QED) is 0.871. The number of urea groups is 1. The van der Waals surface area contributed by atoms with Crippen LogP contribution in [0.2, 0.25) is 0 Å². The maximum Gasteiger partial charge on any atom is 0.416 e. The van der Waals surface area contributed by atoms with Crippen LogP contribution in [-0.2, 0) is 12.6 Å². The summed E-state index contributed by atoms with van der Waals surface area (Å²) in [7, 11) is 1.57. The second kappa shape index (κ2) is 7.21. The standard InChI is InChI=1S/C16H23F3N2O2/c1-11(20-14(22)21(4)10-15(2,3)23)9-12-5-7-13(8-6-12)16(17,18)19/h5-8,11,23H,9-10H2,1-4H3,(H,20,22)/t11-/m1/s1. The van der Waals surface area contributed by atoms with Gasteiger partial charge in [-0.2, -0.15) is 13.2 Å². The molecule has 0 saturated heterocycles. The third kappa shape index (κ3) is 6.90. The van der Waals surface area contributed by atoms with E-state index in [2.05, 4.69) is 5.32 Å². The minimum atomic E-state index is -4.35. The molecule has 0 heterocycles. The van der Waals surface area contributed by atoms with Gasteiger partial charge in [0, 0.05) is 13.1 Å². The molecule has 0 saturated carbocycles. The van der Waals surface area contributed by atoms with Crippen LogP contribution in [0.5, 0.6) is 0 Å². The zero-order valence-corrected chi connectivity index (χ0v) is 13.7. The van der Waals surface area contributed by atoms with Crippen LogP contribution in [0, 0.1) is 0 Å². The predicted octanol–water partition coefficient (Wildman–Crippen LogP) is 3.05. The van der Waals surface area contributed by atoms with Crippen LogP contribution in [0.3, 0.4) is 0 Å². The number of carbonyl (C=O) groups is 1. The third-order valence-corrected chi connectivity index (χ3v) is 3.16. The Labute approximate surface area is 134 Å². The van der Waals surface area contributed by atoms with Gasteiger partial charge < -0.3 is 15.3 Å². The van der Waals surface area contributed by atoms with E-state index in [1.165, 1.54) is 17.0 Å². The van der Waals surface area contributed by atoms with E-state index < -0.39 is 17.3 Å². The maximum atomic E-state index is 12.5. The normalized spacial score (nSPS) is 13.6. The number of likely N-dealkylation sites (N-methyl/N-ethyl adjacent to an activating group) is 1. The average molecular weight is 332 g/mol. The van der Waals surface area contributed by atoms with Crippen molar-refractivity contribution < 1.29 is 23.1 Å². The van der Waals surface area contributed by atoms with E-state index in [1.807, 2.05) is 0 Å². The molecule has 0 aliphatic rings. The summed E-state index contributed by atoms with van der Waals surface area (Å²) in [5, 5.41) is 12.4. The Hall–Kier alpha value is -1.76. The highest BCUT2D eigenvalue weighted by atomic mass is 19.4. The average Bonchev–Trinajstić information content (AvgIpc) is 2.35. The molecule has 2 N–H and O–H groups in total. The minimum absolute atomic E-state index is 0.172. The molecule has 130 valence electrons. The van der Waals surface area contributed by atoms with Crippen molar-refractivity contribution in [1.29, 1.82) is 0 Å². The van der Waals surface area contributed by atoms with Crippen LogP contribution < -0.4 is 5.32 Å². The van der Waals surface area contributed by atoms with Gasteiger partial charge in [0.05, 0.1) is 17.7 Å². The van der Waals surface area contributed by atoms with E-state index in [0.29, 0.717) is 12.0 Å². The lowest BCUT2D eigenvalue weighted by molar-refractivity contribution is -0.137. The van der Waals surface area contributed by atoms with Crippen molar-refractivity contribution in [2.45, 2.75) is 45.0 Å². The lowest BCUT2D eigenvalue weighted by Crippen LogP contribution is -2.47. The first-order valence-corrected chi connectivity index (χ1v) is 7.28. The van der Waals surface area contributed by atoms with Crippen LogP contribution in [0.4, 0.5) is 18.0 Å². The fraction of sp³-hybridized carbons (Fsp3) is 0.562. The number of alkyl halides is 3. The van der Waals surface area contributed by atoms with Gasteiger partial charge >= 0.3 is 12.2 Å². The van der Waals surface area contributed by atoms with Gasteiger partial charge in [0.15, 0.2) is 0 Å². The molecule has 1 aromatic rings. The van der Waals surface area contributed by atoms with Crippen LogP contribution in [-0.4, -0.2) is 41.3 Å². The molecule has 2 amide bonds. The van der Waals surface area contributed by atoms with E-state index in [9.17, 15) is 23.1 Å². The molecule has 7 heteroatoms. The number of carbonyl (C=O) groups excluding carboxylic acids is 1. The zero-order chi connectivity index (χ0) is 17.8. The van der Waals surface area contributed by atoms with Gasteiger partial charge in [0.2, 0.25) is 0 Å². The predicted molar refractivity (Wildman–Crippen MR) is 82.1 cm³/mol. The molecule has 0 unspecified atom stereocenters. The van der Waals surface area contributed by atoms with Crippen molar-refractivity contribution in [1.82, 2.24) is 10.2 Å². The highest BCUT2D eigenvalue weighted by Gasteiger charge is 2.30. The minimum Gasteiger partial charge on any atom is -0.389 e. The van der Waals surface area contributed by atoms with Crippen molar-refractivity contribution in [3.63, 3.8) is 0 Å². The van der Waals surface area contributed by atoms with Gasteiger partial charge in [0.25, 0.3) is 0 Å². The fourth-order valence-corrected chi connectivity index (χ4v) is 2.21. The molecule has 1 rings (SSSR count). The summed E-state index contributed by atoms with van der Waals surface area (Å²) in [6, 6.07) is 4.29. The number of nitrogens with one attached hydrogen (secondary N) is 1. The topological polar surface area (TPSA) is 52.6 Å². The summed E-state index contributed by atoms with van der Waals surface area (Å²) in [6.07, 6.45) is -3.93. The number of rotatable bonds is 5. The Bertz CT molecular complexity index is 522. The van der Waals surface area contributed by atoms with Crippen LogP contribution in [0.15, 0.2) is 24.3 Å². The number of nitrogens with zero attached hydrogens (tertiary/aromatic N) is 1. The molecule has 1 atom stereocenters. The summed E-state index contributed by atoms with van der Waals surface area (Å²) in [5.41, 5.74) is -0.984. The van der Waals surface area contributed by atoms with E-state index >= 15 is 0 Å². The number of hydrogen-bond donors (Lipinski definition) is 2. The van der Waals surface area contributed by atoms with Gasteiger partial charge in [-0.3, -0.25) is 0 Å². The maximum absolute atomic E-state index is 12.5. The number of benzene rings is 1. The molecule has 23 heavy (non-hydrogen) atoms. The lowest BCUT2D eigenvalue weighted by Gasteiger charge is -2.27. The monoisotopic (exact) mass is 332 g/mol. The third-order valence-electron chi connectivity index (χ3n) is 3.16. The van der Waals surface area contributed by atoms with Crippen molar-refractivity contribution in [3.8, 4) is 0 Å². The highest BCUT2D eigenvalue weighted by molar-refractivity contribution is 5.74. The first-order chi connectivity index (χ1) is 10.4. The molecular formula is C16H23F3N2O2.